The molecule has 0 saturated heterocycles. The van der Waals surface area contributed by atoms with E-state index in [1.54, 1.807) is 27.5 Å². The molecular formula is C30H31F3N6O4. The predicted octanol–water partition coefficient (Wildman–Crippen LogP) is 4.95. The number of aromatic nitrogens is 4. The number of alkyl halides is 3. The van der Waals surface area contributed by atoms with Gasteiger partial charge in [0.15, 0.2) is 0 Å². The molecule has 3 aromatic heterocycles. The molecule has 0 bridgehead atoms. The first kappa shape index (κ1) is 28.6. The number of hydrogen-bond donors (Lipinski definition) is 2. The average Bonchev–Trinajstić information content (AvgIpc) is 3.57. The van der Waals surface area contributed by atoms with Gasteiger partial charge in [0.1, 0.15) is 17.4 Å². The Bertz CT molecular complexity index is 1620. The monoisotopic (exact) mass is 596 g/mol. The maximum atomic E-state index is 13.3. The molecule has 2 aliphatic carbocycles. The Morgan fingerprint density at radius 2 is 1.74 bits per heavy atom. The summed E-state index contributed by atoms with van der Waals surface area (Å²) in [4.78, 5) is 25.3. The number of halogens is 3. The molecular weight excluding hydrogens is 565 g/mol. The first-order valence-electron chi connectivity index (χ1n) is 14.3. The highest BCUT2D eigenvalue weighted by molar-refractivity contribution is 6.01. The zero-order valence-electron chi connectivity index (χ0n) is 23.2. The Hall–Kier alpha value is -4.55. The Kier molecular flexibility index (Phi) is 7.72. The van der Waals surface area contributed by atoms with Crippen LogP contribution in [0.4, 0.5) is 13.2 Å². The lowest BCUT2D eigenvalue weighted by molar-refractivity contribution is -0.139. The maximum Gasteiger partial charge on any atom is 0.392 e. The van der Waals surface area contributed by atoms with Crippen molar-refractivity contribution in [1.82, 2.24) is 24.7 Å². The molecule has 43 heavy (non-hydrogen) atoms. The number of rotatable bonds is 10. The van der Waals surface area contributed by atoms with Crippen LogP contribution in [0.15, 0.2) is 54.9 Å². The van der Waals surface area contributed by atoms with Crippen molar-refractivity contribution < 1.29 is 32.2 Å². The summed E-state index contributed by atoms with van der Waals surface area (Å²) in [5.74, 6) is -0.227. The van der Waals surface area contributed by atoms with Crippen molar-refractivity contribution in [3.63, 3.8) is 0 Å². The summed E-state index contributed by atoms with van der Waals surface area (Å²) in [5.41, 5.74) is 8.21. The zero-order valence-corrected chi connectivity index (χ0v) is 23.2. The fraction of sp³-hybridized carbons (Fsp3) is 0.400. The number of primary amides is 1. The number of fused-ring (bicyclic) bond motifs is 1. The number of hydrogen-bond acceptors (Lipinski definition) is 6. The maximum absolute atomic E-state index is 13.3. The number of nitrogens with one attached hydrogen (secondary N) is 1. The van der Waals surface area contributed by atoms with E-state index in [0.29, 0.717) is 48.2 Å². The van der Waals surface area contributed by atoms with Crippen molar-refractivity contribution >= 4 is 17.3 Å². The fourth-order valence-electron chi connectivity index (χ4n) is 5.43. The minimum absolute atomic E-state index is 0.0901. The van der Waals surface area contributed by atoms with Crippen LogP contribution in [0.5, 0.6) is 11.6 Å². The highest BCUT2D eigenvalue weighted by atomic mass is 19.4. The SMILES string of the molecule is NC(=O)c1cn(-c2ccccc2)nc1O[C@H]1CC[C@H](NC(=O)c2cnn3c(C4CC4)c(OCCC(F)(F)F)ccc23)CC1. The van der Waals surface area contributed by atoms with Gasteiger partial charge in [-0.1, -0.05) is 18.2 Å². The van der Waals surface area contributed by atoms with Gasteiger partial charge in [-0.25, -0.2) is 9.20 Å². The summed E-state index contributed by atoms with van der Waals surface area (Å²) in [6.45, 7) is -0.478. The van der Waals surface area contributed by atoms with Crippen LogP contribution >= 0.6 is 0 Å². The Morgan fingerprint density at radius 3 is 2.42 bits per heavy atom. The Morgan fingerprint density at radius 1 is 1.00 bits per heavy atom. The molecule has 2 amide bonds. The van der Waals surface area contributed by atoms with Gasteiger partial charge in [0.25, 0.3) is 11.8 Å². The first-order chi connectivity index (χ1) is 20.7. The second kappa shape index (κ2) is 11.6. The van der Waals surface area contributed by atoms with E-state index in [-0.39, 0.29) is 35.4 Å². The van der Waals surface area contributed by atoms with Gasteiger partial charge in [-0.15, -0.1) is 5.10 Å². The van der Waals surface area contributed by atoms with E-state index >= 15 is 0 Å². The van der Waals surface area contributed by atoms with Crippen LogP contribution in [-0.4, -0.2) is 56.1 Å². The molecule has 3 N–H and O–H groups in total. The molecule has 0 radical (unpaired) electrons. The number of nitrogens with two attached hydrogens (primary N) is 1. The lowest BCUT2D eigenvalue weighted by atomic mass is 9.92. The largest absolute Gasteiger partial charge is 0.491 e. The fourth-order valence-corrected chi connectivity index (χ4v) is 5.43. The molecule has 0 unspecified atom stereocenters. The number of benzene rings is 1. The van der Waals surface area contributed by atoms with Gasteiger partial charge >= 0.3 is 6.18 Å². The van der Waals surface area contributed by atoms with Crippen LogP contribution in [0.25, 0.3) is 11.2 Å². The van der Waals surface area contributed by atoms with E-state index in [1.165, 1.54) is 6.20 Å². The number of carbonyl (C=O) groups is 2. The average molecular weight is 597 g/mol. The van der Waals surface area contributed by atoms with Crippen molar-refractivity contribution in [2.45, 2.75) is 69.2 Å². The molecule has 226 valence electrons. The van der Waals surface area contributed by atoms with Gasteiger partial charge in [0.05, 0.1) is 41.7 Å². The van der Waals surface area contributed by atoms with Crippen molar-refractivity contribution in [2.75, 3.05) is 6.61 Å². The van der Waals surface area contributed by atoms with Gasteiger partial charge in [-0.3, -0.25) is 9.59 Å². The summed E-state index contributed by atoms with van der Waals surface area (Å²) in [6, 6.07) is 12.5. The second-order valence-corrected chi connectivity index (χ2v) is 11.0. The van der Waals surface area contributed by atoms with Crippen molar-refractivity contribution in [2.24, 2.45) is 5.73 Å². The highest BCUT2D eigenvalue weighted by Crippen LogP contribution is 2.44. The lowest BCUT2D eigenvalue weighted by Crippen LogP contribution is -2.39. The lowest BCUT2D eigenvalue weighted by Gasteiger charge is -2.29. The summed E-state index contributed by atoms with van der Waals surface area (Å²) in [6.07, 6.45) is 1.86. The van der Waals surface area contributed by atoms with Crippen LogP contribution in [0.3, 0.4) is 0 Å². The minimum atomic E-state index is -4.30. The topological polar surface area (TPSA) is 126 Å². The van der Waals surface area contributed by atoms with Gasteiger partial charge in [0.2, 0.25) is 5.88 Å². The van der Waals surface area contributed by atoms with Crippen LogP contribution in [0, 0.1) is 0 Å². The quantitative estimate of drug-likeness (QED) is 0.267. The molecule has 10 nitrogen and oxygen atoms in total. The molecule has 0 atom stereocenters. The highest BCUT2D eigenvalue weighted by Gasteiger charge is 2.33. The van der Waals surface area contributed by atoms with Crippen molar-refractivity contribution in [3.05, 3.63) is 71.7 Å². The molecule has 3 heterocycles. The number of carbonyl (C=O) groups excluding carboxylic acids is 2. The van der Waals surface area contributed by atoms with E-state index in [2.05, 4.69) is 15.5 Å². The smallest absolute Gasteiger partial charge is 0.392 e. The van der Waals surface area contributed by atoms with E-state index < -0.39 is 25.1 Å². The van der Waals surface area contributed by atoms with E-state index in [4.69, 9.17) is 15.2 Å². The summed E-state index contributed by atoms with van der Waals surface area (Å²) >= 11 is 0. The second-order valence-electron chi connectivity index (χ2n) is 11.0. The van der Waals surface area contributed by atoms with Gasteiger partial charge in [0, 0.05) is 18.2 Å². The van der Waals surface area contributed by atoms with Crippen LogP contribution in [0.1, 0.15) is 77.3 Å². The molecule has 0 aliphatic heterocycles. The molecule has 0 spiro atoms. The van der Waals surface area contributed by atoms with E-state index in [9.17, 15) is 22.8 Å². The van der Waals surface area contributed by atoms with Crippen molar-refractivity contribution in [3.8, 4) is 17.3 Å². The van der Waals surface area contributed by atoms with Crippen LogP contribution < -0.4 is 20.5 Å². The molecule has 13 heteroatoms. The number of ether oxygens (including phenoxy) is 2. The van der Waals surface area contributed by atoms with Gasteiger partial charge in [-0.2, -0.15) is 18.3 Å². The number of pyridine rings is 1. The summed E-state index contributed by atoms with van der Waals surface area (Å²) in [5, 5.41) is 11.9. The van der Waals surface area contributed by atoms with E-state index in [0.717, 1.165) is 18.5 Å². The first-order valence-corrected chi connectivity index (χ1v) is 14.3. The molecule has 6 rings (SSSR count). The third-order valence-corrected chi connectivity index (χ3v) is 7.79. The Labute approximate surface area is 244 Å². The van der Waals surface area contributed by atoms with Crippen molar-refractivity contribution in [1.29, 1.82) is 0 Å². The van der Waals surface area contributed by atoms with Gasteiger partial charge < -0.3 is 20.5 Å². The Balaban J connectivity index is 1.08. The normalized spacial score (nSPS) is 18.9. The van der Waals surface area contributed by atoms with Crippen LogP contribution in [-0.2, 0) is 0 Å². The van der Waals surface area contributed by atoms with E-state index in [1.807, 2.05) is 30.3 Å². The predicted molar refractivity (Wildman–Crippen MR) is 150 cm³/mol. The van der Waals surface area contributed by atoms with Crippen LogP contribution in [0.2, 0.25) is 0 Å². The molecule has 1 aromatic carbocycles. The summed E-state index contributed by atoms with van der Waals surface area (Å²) < 4.78 is 52.6. The number of amides is 2. The molecule has 2 aliphatic rings. The van der Waals surface area contributed by atoms with Gasteiger partial charge in [-0.05, 0) is 62.8 Å². The molecule has 2 fully saturated rings. The third-order valence-electron chi connectivity index (χ3n) is 7.79. The third kappa shape index (κ3) is 6.45. The standard InChI is InChI=1S/C30H31F3N6O4/c31-30(32,33)14-15-42-25-13-12-24-22(16-35-39(24)26(25)18-6-7-18)28(41)36-19-8-10-21(11-9-19)43-29-23(27(34)40)17-38(37-29)20-4-2-1-3-5-20/h1-5,12-13,16-19,21H,6-11,14-15H2,(H2,34,40)(H,36,41)/t19-,21-. The number of nitrogens with zero attached hydrogens (tertiary/aromatic N) is 4. The number of para-hydroxylation sites is 1. The molecule has 4 aromatic rings. The summed E-state index contributed by atoms with van der Waals surface area (Å²) in [7, 11) is 0. The minimum Gasteiger partial charge on any atom is -0.491 e. The molecule has 2 saturated carbocycles. The zero-order chi connectivity index (χ0) is 30.1.